The molecule has 0 aliphatic heterocycles. The van der Waals surface area contributed by atoms with Gasteiger partial charge in [-0.2, -0.15) is 0 Å². The van der Waals surface area contributed by atoms with Gasteiger partial charge in [0.15, 0.2) is 0 Å². The molecule has 0 bridgehead atoms. The molecule has 1 aromatic heterocycles. The Kier molecular flexibility index (Phi) is 4.86. The van der Waals surface area contributed by atoms with Crippen LogP contribution in [-0.4, -0.2) is 18.6 Å². The zero-order valence-corrected chi connectivity index (χ0v) is 12.5. The van der Waals surface area contributed by atoms with Crippen molar-refractivity contribution in [1.82, 2.24) is 4.98 Å². The second-order valence-corrected chi connectivity index (χ2v) is 5.06. The van der Waals surface area contributed by atoms with Gasteiger partial charge in [-0.05, 0) is 24.6 Å². The molecule has 3 nitrogen and oxygen atoms in total. The molecule has 0 saturated carbocycles. The monoisotopic (exact) mass is 298 g/mol. The van der Waals surface area contributed by atoms with E-state index in [4.69, 9.17) is 27.9 Å². The number of fused-ring (bicyclic) bond motifs is 1. The standard InChI is InChI=1S/C14H16Cl2N2O/c1-3-6-17-12-7-9(8-19-2)18-14-10(12)4-5-11(15)13(14)16/h4-5,7H,3,6,8H2,1-2H3,(H,17,18). The van der Waals surface area contributed by atoms with Gasteiger partial charge in [-0.25, -0.2) is 4.98 Å². The van der Waals surface area contributed by atoms with Crippen molar-refractivity contribution in [2.75, 3.05) is 19.0 Å². The van der Waals surface area contributed by atoms with Crippen molar-refractivity contribution in [1.29, 1.82) is 0 Å². The van der Waals surface area contributed by atoms with E-state index in [2.05, 4.69) is 17.2 Å². The van der Waals surface area contributed by atoms with Crippen LogP contribution < -0.4 is 5.32 Å². The minimum absolute atomic E-state index is 0.444. The fourth-order valence-corrected chi connectivity index (χ4v) is 2.27. The Balaban J connectivity index is 2.60. The molecular weight excluding hydrogens is 283 g/mol. The molecule has 0 aliphatic rings. The summed E-state index contributed by atoms with van der Waals surface area (Å²) >= 11 is 12.3. The van der Waals surface area contributed by atoms with E-state index in [-0.39, 0.29) is 0 Å². The smallest absolute Gasteiger partial charge is 0.0928 e. The molecule has 102 valence electrons. The predicted octanol–water partition coefficient (Wildman–Crippen LogP) is 4.51. The van der Waals surface area contributed by atoms with E-state index in [0.29, 0.717) is 22.2 Å². The van der Waals surface area contributed by atoms with Gasteiger partial charge in [-0.1, -0.05) is 30.1 Å². The first kappa shape index (κ1) is 14.4. The Morgan fingerprint density at radius 1 is 1.32 bits per heavy atom. The Bertz CT molecular complexity index is 587. The Morgan fingerprint density at radius 3 is 2.79 bits per heavy atom. The third-order valence-electron chi connectivity index (χ3n) is 2.78. The van der Waals surface area contributed by atoms with Crippen LogP contribution in [-0.2, 0) is 11.3 Å². The minimum Gasteiger partial charge on any atom is -0.384 e. The van der Waals surface area contributed by atoms with Crippen LogP contribution in [0.3, 0.4) is 0 Å². The number of hydrogen-bond donors (Lipinski definition) is 1. The zero-order valence-electron chi connectivity index (χ0n) is 11.0. The summed E-state index contributed by atoms with van der Waals surface area (Å²) < 4.78 is 5.14. The fourth-order valence-electron chi connectivity index (χ4n) is 1.91. The van der Waals surface area contributed by atoms with Crippen molar-refractivity contribution in [3.63, 3.8) is 0 Å². The molecule has 0 saturated heterocycles. The van der Waals surface area contributed by atoms with Crippen LogP contribution in [0.4, 0.5) is 5.69 Å². The largest absolute Gasteiger partial charge is 0.384 e. The topological polar surface area (TPSA) is 34.1 Å². The van der Waals surface area contributed by atoms with E-state index in [1.165, 1.54) is 0 Å². The number of pyridine rings is 1. The lowest BCUT2D eigenvalue weighted by molar-refractivity contribution is 0.182. The molecule has 0 atom stereocenters. The Morgan fingerprint density at radius 2 is 2.11 bits per heavy atom. The predicted molar refractivity (Wildman–Crippen MR) is 81.3 cm³/mol. The number of ether oxygens (including phenoxy) is 1. The van der Waals surface area contributed by atoms with Crippen LogP contribution in [0.2, 0.25) is 10.0 Å². The lowest BCUT2D eigenvalue weighted by atomic mass is 10.1. The maximum Gasteiger partial charge on any atom is 0.0928 e. The molecule has 0 radical (unpaired) electrons. The van der Waals surface area contributed by atoms with Crippen LogP contribution in [0, 0.1) is 0 Å². The summed E-state index contributed by atoms with van der Waals surface area (Å²) in [7, 11) is 1.64. The second kappa shape index (κ2) is 6.42. The van der Waals surface area contributed by atoms with Crippen LogP contribution in [0.5, 0.6) is 0 Å². The molecule has 0 amide bonds. The highest BCUT2D eigenvalue weighted by Gasteiger charge is 2.11. The number of methoxy groups -OCH3 is 1. The lowest BCUT2D eigenvalue weighted by Gasteiger charge is -2.12. The molecule has 0 spiro atoms. The Labute approximate surface area is 122 Å². The van der Waals surface area contributed by atoms with E-state index in [0.717, 1.165) is 29.7 Å². The van der Waals surface area contributed by atoms with Gasteiger partial charge in [-0.3, -0.25) is 0 Å². The number of aromatic nitrogens is 1. The van der Waals surface area contributed by atoms with Crippen molar-refractivity contribution in [2.45, 2.75) is 20.0 Å². The minimum atomic E-state index is 0.444. The van der Waals surface area contributed by atoms with Crippen LogP contribution in [0.25, 0.3) is 10.9 Å². The maximum atomic E-state index is 6.24. The van der Waals surface area contributed by atoms with Crippen molar-refractivity contribution < 1.29 is 4.74 Å². The van der Waals surface area contributed by atoms with E-state index in [1.54, 1.807) is 13.2 Å². The molecule has 0 fully saturated rings. The number of rotatable bonds is 5. The van der Waals surface area contributed by atoms with Gasteiger partial charge >= 0.3 is 0 Å². The van der Waals surface area contributed by atoms with E-state index in [9.17, 15) is 0 Å². The van der Waals surface area contributed by atoms with Crippen molar-refractivity contribution in [3.05, 3.63) is 33.9 Å². The van der Waals surface area contributed by atoms with Gasteiger partial charge in [0.2, 0.25) is 0 Å². The summed E-state index contributed by atoms with van der Waals surface area (Å²) in [5.41, 5.74) is 2.55. The summed E-state index contributed by atoms with van der Waals surface area (Å²) in [6.45, 7) is 3.46. The van der Waals surface area contributed by atoms with Gasteiger partial charge in [0, 0.05) is 24.7 Å². The normalized spacial score (nSPS) is 10.9. The van der Waals surface area contributed by atoms with Crippen molar-refractivity contribution >= 4 is 39.8 Å². The molecule has 0 unspecified atom stereocenters. The highest BCUT2D eigenvalue weighted by Crippen LogP contribution is 2.33. The maximum absolute atomic E-state index is 6.24. The highest BCUT2D eigenvalue weighted by molar-refractivity contribution is 6.45. The lowest BCUT2D eigenvalue weighted by Crippen LogP contribution is -2.03. The molecule has 19 heavy (non-hydrogen) atoms. The highest BCUT2D eigenvalue weighted by atomic mass is 35.5. The van der Waals surface area contributed by atoms with Gasteiger partial charge in [0.1, 0.15) is 0 Å². The first-order valence-electron chi connectivity index (χ1n) is 6.17. The summed E-state index contributed by atoms with van der Waals surface area (Å²) in [4.78, 5) is 4.51. The summed E-state index contributed by atoms with van der Waals surface area (Å²) in [5.74, 6) is 0. The zero-order chi connectivity index (χ0) is 13.8. The average Bonchev–Trinajstić information content (AvgIpc) is 2.41. The van der Waals surface area contributed by atoms with Gasteiger partial charge in [0.25, 0.3) is 0 Å². The van der Waals surface area contributed by atoms with Gasteiger partial charge in [0.05, 0.1) is 27.9 Å². The van der Waals surface area contributed by atoms with Crippen LogP contribution >= 0.6 is 23.2 Å². The van der Waals surface area contributed by atoms with Crippen LogP contribution in [0.15, 0.2) is 18.2 Å². The number of anilines is 1. The molecule has 1 heterocycles. The molecular formula is C14H16Cl2N2O. The van der Waals surface area contributed by atoms with E-state index >= 15 is 0 Å². The quantitative estimate of drug-likeness (QED) is 0.882. The molecule has 1 N–H and O–H groups in total. The SMILES string of the molecule is CCCNc1cc(COC)nc2c(Cl)c(Cl)ccc12. The van der Waals surface area contributed by atoms with Crippen molar-refractivity contribution in [2.24, 2.45) is 0 Å². The molecule has 1 aromatic carbocycles. The molecule has 2 aromatic rings. The molecule has 5 heteroatoms. The summed E-state index contributed by atoms with van der Waals surface area (Å²) in [6.07, 6.45) is 1.05. The second-order valence-electron chi connectivity index (χ2n) is 4.28. The summed E-state index contributed by atoms with van der Waals surface area (Å²) in [6, 6.07) is 5.72. The van der Waals surface area contributed by atoms with Gasteiger partial charge in [-0.15, -0.1) is 0 Å². The third kappa shape index (κ3) is 3.11. The van der Waals surface area contributed by atoms with Crippen LogP contribution in [0.1, 0.15) is 19.0 Å². The van der Waals surface area contributed by atoms with E-state index < -0.39 is 0 Å². The van der Waals surface area contributed by atoms with E-state index in [1.807, 2.05) is 12.1 Å². The number of halogens is 2. The first-order chi connectivity index (χ1) is 9.17. The number of nitrogens with zero attached hydrogens (tertiary/aromatic N) is 1. The molecule has 0 aliphatic carbocycles. The fraction of sp³-hybridized carbons (Fsp3) is 0.357. The third-order valence-corrected chi connectivity index (χ3v) is 3.58. The molecule has 2 rings (SSSR count). The summed E-state index contributed by atoms with van der Waals surface area (Å²) in [5, 5.41) is 5.36. The number of hydrogen-bond acceptors (Lipinski definition) is 3. The van der Waals surface area contributed by atoms with Crippen molar-refractivity contribution in [3.8, 4) is 0 Å². The number of nitrogens with one attached hydrogen (secondary N) is 1. The number of benzene rings is 1. The average molecular weight is 299 g/mol. The first-order valence-corrected chi connectivity index (χ1v) is 6.93. The van der Waals surface area contributed by atoms with Gasteiger partial charge < -0.3 is 10.1 Å². The Hall–Kier alpha value is -1.03.